The number of thiazole rings is 1. The van der Waals surface area contributed by atoms with Crippen LogP contribution in [0, 0.1) is 6.92 Å². The van der Waals surface area contributed by atoms with E-state index in [1.165, 1.54) is 17.0 Å². The Morgan fingerprint density at radius 1 is 1.40 bits per heavy atom. The first-order valence-corrected chi connectivity index (χ1v) is 10.2. The lowest BCUT2D eigenvalue weighted by Gasteiger charge is -2.23. The molecule has 5 nitrogen and oxygen atoms in total. The topological polar surface area (TPSA) is 40.9 Å². The number of imidazole rings is 1. The first-order chi connectivity index (χ1) is 12.0. The zero-order valence-electron chi connectivity index (χ0n) is 14.7. The van der Waals surface area contributed by atoms with Crippen LogP contribution in [0.25, 0.3) is 4.96 Å². The molecule has 0 saturated carbocycles. The van der Waals surface area contributed by atoms with E-state index in [2.05, 4.69) is 38.9 Å². The van der Waals surface area contributed by atoms with E-state index >= 15 is 0 Å². The summed E-state index contributed by atoms with van der Waals surface area (Å²) in [6, 6.07) is 4.51. The van der Waals surface area contributed by atoms with Gasteiger partial charge in [0.05, 0.1) is 16.3 Å². The normalized spacial score (nSPS) is 18.3. The average Bonchev–Trinajstić information content (AvgIpc) is 3.33. The number of aryl methyl sites for hydroxylation is 1. The monoisotopic (exact) mass is 374 g/mol. The highest BCUT2D eigenvalue weighted by atomic mass is 32.1. The lowest BCUT2D eigenvalue weighted by Crippen LogP contribution is -2.23. The van der Waals surface area contributed by atoms with Crippen molar-refractivity contribution in [3.63, 3.8) is 0 Å². The Balaban J connectivity index is 1.58. The molecular formula is C18H22N4OS2. The maximum absolute atomic E-state index is 12.2. The van der Waals surface area contributed by atoms with Crippen LogP contribution >= 0.6 is 22.7 Å². The van der Waals surface area contributed by atoms with Gasteiger partial charge in [0, 0.05) is 43.1 Å². The van der Waals surface area contributed by atoms with Crippen molar-refractivity contribution in [2.45, 2.75) is 32.4 Å². The molecule has 1 aliphatic rings. The van der Waals surface area contributed by atoms with Gasteiger partial charge in [-0.05, 0) is 38.4 Å². The van der Waals surface area contributed by atoms with Crippen molar-refractivity contribution >= 4 is 33.5 Å². The average molecular weight is 375 g/mol. The van der Waals surface area contributed by atoms with Crippen LogP contribution in [-0.4, -0.2) is 45.7 Å². The van der Waals surface area contributed by atoms with E-state index in [0.29, 0.717) is 6.04 Å². The number of aromatic nitrogens is 2. The smallest absolute Gasteiger partial charge is 0.263 e. The minimum absolute atomic E-state index is 0.0902. The fourth-order valence-electron chi connectivity index (χ4n) is 3.53. The molecule has 4 heterocycles. The highest BCUT2D eigenvalue weighted by Gasteiger charge is 2.29. The van der Waals surface area contributed by atoms with Crippen LogP contribution in [0.3, 0.4) is 0 Å². The standard InChI is InChI=1S/C18H22N4OS2/c1-12-14(22-9-10-24-18(22)19-12)11-21-8-4-5-13(21)15-6-7-16(25-15)17(23)20(2)3/h6-7,9-10,13H,4-5,8,11H2,1-3H3. The lowest BCUT2D eigenvalue weighted by molar-refractivity contribution is 0.0832. The number of likely N-dealkylation sites (tertiary alicyclic amines) is 1. The Morgan fingerprint density at radius 3 is 3.04 bits per heavy atom. The molecule has 1 saturated heterocycles. The molecule has 0 radical (unpaired) electrons. The third-order valence-electron chi connectivity index (χ3n) is 4.85. The van der Waals surface area contributed by atoms with Gasteiger partial charge in [0.2, 0.25) is 0 Å². The Bertz CT molecular complexity index is 907. The molecule has 1 fully saturated rings. The van der Waals surface area contributed by atoms with Gasteiger partial charge < -0.3 is 4.90 Å². The van der Waals surface area contributed by atoms with Gasteiger partial charge in [-0.2, -0.15) is 0 Å². The number of rotatable bonds is 4. The van der Waals surface area contributed by atoms with E-state index in [1.807, 2.05) is 6.07 Å². The van der Waals surface area contributed by atoms with Crippen molar-refractivity contribution in [3.8, 4) is 0 Å². The molecule has 3 aromatic heterocycles. The van der Waals surface area contributed by atoms with Crippen LogP contribution in [0.4, 0.5) is 0 Å². The number of amides is 1. The summed E-state index contributed by atoms with van der Waals surface area (Å²) in [4.78, 5) is 24.2. The molecule has 25 heavy (non-hydrogen) atoms. The quantitative estimate of drug-likeness (QED) is 0.697. The summed E-state index contributed by atoms with van der Waals surface area (Å²) in [5.74, 6) is 0.0902. The molecule has 0 bridgehead atoms. The summed E-state index contributed by atoms with van der Waals surface area (Å²) in [7, 11) is 3.61. The molecule has 1 amide bonds. The molecule has 0 aromatic carbocycles. The summed E-state index contributed by atoms with van der Waals surface area (Å²) >= 11 is 3.32. The minimum Gasteiger partial charge on any atom is -0.344 e. The summed E-state index contributed by atoms with van der Waals surface area (Å²) in [6.45, 7) is 4.10. The Labute approximate surface area is 155 Å². The van der Waals surface area contributed by atoms with Gasteiger partial charge in [-0.3, -0.25) is 14.1 Å². The molecule has 7 heteroatoms. The van der Waals surface area contributed by atoms with Crippen molar-refractivity contribution < 1.29 is 4.79 Å². The zero-order chi connectivity index (χ0) is 17.6. The van der Waals surface area contributed by atoms with Crippen molar-refractivity contribution in [1.82, 2.24) is 19.2 Å². The number of hydrogen-bond donors (Lipinski definition) is 0. The summed E-state index contributed by atoms with van der Waals surface area (Å²) in [6.07, 6.45) is 4.46. The van der Waals surface area contributed by atoms with Crippen LogP contribution < -0.4 is 0 Å². The van der Waals surface area contributed by atoms with Crippen molar-refractivity contribution in [3.05, 3.63) is 44.9 Å². The largest absolute Gasteiger partial charge is 0.344 e. The molecular weight excluding hydrogens is 352 g/mol. The number of carbonyl (C=O) groups is 1. The first-order valence-electron chi connectivity index (χ1n) is 8.51. The minimum atomic E-state index is 0.0902. The maximum atomic E-state index is 12.2. The molecule has 132 valence electrons. The van der Waals surface area contributed by atoms with Crippen molar-refractivity contribution in [2.24, 2.45) is 0 Å². The fourth-order valence-corrected chi connectivity index (χ4v) is 5.51. The third kappa shape index (κ3) is 3.01. The molecule has 1 unspecified atom stereocenters. The first kappa shape index (κ1) is 16.8. The SMILES string of the molecule is Cc1nc2sccn2c1CN1CCCC1c1ccc(C(=O)N(C)C)s1. The summed E-state index contributed by atoms with van der Waals surface area (Å²) < 4.78 is 2.21. The van der Waals surface area contributed by atoms with E-state index in [-0.39, 0.29) is 5.91 Å². The van der Waals surface area contributed by atoms with Gasteiger partial charge in [-0.25, -0.2) is 4.98 Å². The zero-order valence-corrected chi connectivity index (χ0v) is 16.4. The van der Waals surface area contributed by atoms with Gasteiger partial charge in [0.25, 0.3) is 5.91 Å². The van der Waals surface area contributed by atoms with Crippen molar-refractivity contribution in [2.75, 3.05) is 20.6 Å². The number of nitrogens with zero attached hydrogens (tertiary/aromatic N) is 4. The highest BCUT2D eigenvalue weighted by Crippen LogP contribution is 2.37. The molecule has 1 atom stereocenters. The fraction of sp³-hybridized carbons (Fsp3) is 0.444. The summed E-state index contributed by atoms with van der Waals surface area (Å²) in [5, 5.41) is 2.09. The van der Waals surface area contributed by atoms with Gasteiger partial charge >= 0.3 is 0 Å². The predicted octanol–water partition coefficient (Wildman–Crippen LogP) is 3.80. The molecule has 4 rings (SSSR count). The number of carbonyl (C=O) groups excluding carboxylic acids is 1. The van der Waals surface area contributed by atoms with Gasteiger partial charge in [-0.15, -0.1) is 22.7 Å². The van der Waals surface area contributed by atoms with Gasteiger partial charge in [-0.1, -0.05) is 0 Å². The van der Waals surface area contributed by atoms with Crippen LogP contribution in [0.15, 0.2) is 23.7 Å². The molecule has 0 N–H and O–H groups in total. The van der Waals surface area contributed by atoms with E-state index in [1.54, 1.807) is 41.7 Å². The maximum Gasteiger partial charge on any atom is 0.263 e. The number of hydrogen-bond acceptors (Lipinski definition) is 5. The van der Waals surface area contributed by atoms with E-state index in [4.69, 9.17) is 0 Å². The number of thiophene rings is 1. The second kappa shape index (κ2) is 6.55. The van der Waals surface area contributed by atoms with Crippen LogP contribution in [0.1, 0.15) is 44.8 Å². The van der Waals surface area contributed by atoms with Crippen LogP contribution in [0.5, 0.6) is 0 Å². The molecule has 1 aliphatic heterocycles. The molecule has 3 aromatic rings. The predicted molar refractivity (Wildman–Crippen MR) is 103 cm³/mol. The Kier molecular flexibility index (Phi) is 4.39. The Hall–Kier alpha value is -1.70. The highest BCUT2D eigenvalue weighted by molar-refractivity contribution is 7.15. The second-order valence-electron chi connectivity index (χ2n) is 6.73. The third-order valence-corrected chi connectivity index (χ3v) is 6.78. The van der Waals surface area contributed by atoms with Crippen molar-refractivity contribution in [1.29, 1.82) is 0 Å². The lowest BCUT2D eigenvalue weighted by atomic mass is 10.2. The second-order valence-corrected chi connectivity index (χ2v) is 8.72. The van der Waals surface area contributed by atoms with Gasteiger partial charge in [0.15, 0.2) is 4.96 Å². The summed E-state index contributed by atoms with van der Waals surface area (Å²) in [5.41, 5.74) is 2.40. The van der Waals surface area contributed by atoms with E-state index < -0.39 is 0 Å². The van der Waals surface area contributed by atoms with Gasteiger partial charge in [0.1, 0.15) is 0 Å². The molecule has 0 spiro atoms. The van der Waals surface area contributed by atoms with Crippen LogP contribution in [0.2, 0.25) is 0 Å². The molecule has 0 aliphatic carbocycles. The van der Waals surface area contributed by atoms with E-state index in [0.717, 1.165) is 35.0 Å². The van der Waals surface area contributed by atoms with Crippen LogP contribution in [-0.2, 0) is 6.54 Å². The Morgan fingerprint density at radius 2 is 2.24 bits per heavy atom. The van der Waals surface area contributed by atoms with E-state index in [9.17, 15) is 4.79 Å². The number of fused-ring (bicyclic) bond motifs is 1.